The molecular formula is C24H23ClN2O4S. The van der Waals surface area contributed by atoms with Gasteiger partial charge in [0.25, 0.3) is 0 Å². The lowest BCUT2D eigenvalue weighted by Crippen LogP contribution is -2.48. The fraction of sp³-hybridized carbons (Fsp3) is 0.333. The first-order valence-corrected chi connectivity index (χ1v) is 11.7. The van der Waals surface area contributed by atoms with E-state index in [-0.39, 0.29) is 18.1 Å². The number of carbonyl (C=O) groups is 1. The molecule has 1 amide bonds. The highest BCUT2D eigenvalue weighted by atomic mass is 35.5. The zero-order chi connectivity index (χ0) is 22.9. The minimum Gasteiger partial charge on any atom is -0.493 e. The van der Waals surface area contributed by atoms with Gasteiger partial charge < -0.3 is 14.6 Å². The highest BCUT2D eigenvalue weighted by molar-refractivity contribution is 8.03. The van der Waals surface area contributed by atoms with E-state index >= 15 is 0 Å². The van der Waals surface area contributed by atoms with Crippen molar-refractivity contribution in [2.24, 2.45) is 0 Å². The number of hydrogen-bond donors (Lipinski definition) is 1. The second-order valence-corrected chi connectivity index (χ2v) is 9.09. The van der Waals surface area contributed by atoms with Crippen molar-refractivity contribution in [3.63, 3.8) is 0 Å². The van der Waals surface area contributed by atoms with Crippen molar-refractivity contribution in [3.05, 3.63) is 69.2 Å². The lowest BCUT2D eigenvalue weighted by molar-refractivity contribution is -0.149. The normalized spacial score (nSPS) is 22.5. The zero-order valence-corrected chi connectivity index (χ0v) is 19.4. The maximum atomic E-state index is 13.3. The smallest absolute Gasteiger partial charge is 0.231 e. The van der Waals surface area contributed by atoms with Gasteiger partial charge in [-0.15, -0.1) is 11.8 Å². The van der Waals surface area contributed by atoms with Gasteiger partial charge in [-0.2, -0.15) is 5.26 Å². The van der Waals surface area contributed by atoms with Gasteiger partial charge in [0.1, 0.15) is 0 Å². The molecule has 2 aliphatic rings. The van der Waals surface area contributed by atoms with E-state index in [1.165, 1.54) is 16.7 Å². The molecule has 1 fully saturated rings. The van der Waals surface area contributed by atoms with Crippen molar-refractivity contribution < 1.29 is 19.4 Å². The van der Waals surface area contributed by atoms with Crippen LogP contribution < -0.4 is 9.47 Å². The summed E-state index contributed by atoms with van der Waals surface area (Å²) in [5, 5.41) is 22.5. The van der Waals surface area contributed by atoms with Gasteiger partial charge in [0, 0.05) is 22.9 Å². The van der Waals surface area contributed by atoms with Crippen LogP contribution in [0.15, 0.2) is 53.1 Å². The quantitative estimate of drug-likeness (QED) is 0.654. The number of halogens is 1. The van der Waals surface area contributed by atoms with Crippen LogP contribution in [0.4, 0.5) is 0 Å². The average Bonchev–Trinajstić information content (AvgIpc) is 3.17. The molecule has 2 aliphatic heterocycles. The van der Waals surface area contributed by atoms with Crippen LogP contribution in [0, 0.1) is 11.3 Å². The Morgan fingerprint density at radius 2 is 2.03 bits per heavy atom. The van der Waals surface area contributed by atoms with Crippen LogP contribution >= 0.6 is 23.4 Å². The van der Waals surface area contributed by atoms with Gasteiger partial charge in [-0.05, 0) is 36.2 Å². The third kappa shape index (κ3) is 3.83. The Bertz CT molecular complexity index is 1110. The molecule has 0 radical (unpaired) electrons. The topological polar surface area (TPSA) is 82.8 Å². The van der Waals surface area contributed by atoms with Gasteiger partial charge in [-0.25, -0.2) is 0 Å². The SMILES string of the molecule is CCCOc1ccc([C@@H]2CC(=O)N3C(=C2C#N)SC[C@]3(O)c2ccc(Cl)cc2)cc1OC. The van der Waals surface area contributed by atoms with E-state index in [2.05, 4.69) is 6.07 Å². The molecule has 166 valence electrons. The second-order valence-electron chi connectivity index (χ2n) is 7.69. The van der Waals surface area contributed by atoms with E-state index in [0.717, 1.165) is 12.0 Å². The fourth-order valence-electron chi connectivity index (χ4n) is 4.07. The van der Waals surface area contributed by atoms with Crippen molar-refractivity contribution in [1.82, 2.24) is 4.90 Å². The summed E-state index contributed by atoms with van der Waals surface area (Å²) >= 11 is 7.30. The molecule has 2 heterocycles. The molecule has 0 aliphatic carbocycles. The third-order valence-electron chi connectivity index (χ3n) is 5.67. The predicted octanol–water partition coefficient (Wildman–Crippen LogP) is 4.78. The van der Waals surface area contributed by atoms with Crippen molar-refractivity contribution >= 4 is 29.3 Å². The number of amides is 1. The largest absolute Gasteiger partial charge is 0.493 e. The highest BCUT2D eigenvalue weighted by Crippen LogP contribution is 2.52. The number of benzene rings is 2. The molecule has 2 aromatic rings. The molecule has 0 saturated carbocycles. The van der Waals surface area contributed by atoms with Gasteiger partial charge in [0.05, 0.1) is 36.1 Å². The molecule has 0 bridgehead atoms. The van der Waals surface area contributed by atoms with Crippen LogP contribution in [-0.2, 0) is 10.5 Å². The molecule has 4 rings (SSSR count). The van der Waals surface area contributed by atoms with E-state index in [1.807, 2.05) is 25.1 Å². The summed E-state index contributed by atoms with van der Waals surface area (Å²) in [6, 6.07) is 14.6. The zero-order valence-electron chi connectivity index (χ0n) is 17.8. The minimum absolute atomic E-state index is 0.0706. The molecule has 8 heteroatoms. The molecule has 6 nitrogen and oxygen atoms in total. The summed E-state index contributed by atoms with van der Waals surface area (Å²) in [7, 11) is 1.56. The molecule has 2 aromatic carbocycles. The third-order valence-corrected chi connectivity index (χ3v) is 7.14. The number of fused-ring (bicyclic) bond motifs is 1. The van der Waals surface area contributed by atoms with Gasteiger partial charge in [0.15, 0.2) is 17.2 Å². The van der Waals surface area contributed by atoms with Crippen LogP contribution in [0.5, 0.6) is 11.5 Å². The molecule has 1 N–H and O–H groups in total. The second kappa shape index (κ2) is 9.07. The Morgan fingerprint density at radius 1 is 1.28 bits per heavy atom. The Morgan fingerprint density at radius 3 is 2.69 bits per heavy atom. The summed E-state index contributed by atoms with van der Waals surface area (Å²) < 4.78 is 11.2. The van der Waals surface area contributed by atoms with E-state index in [9.17, 15) is 15.2 Å². The lowest BCUT2D eigenvalue weighted by Gasteiger charge is -2.38. The van der Waals surface area contributed by atoms with E-state index < -0.39 is 11.6 Å². The van der Waals surface area contributed by atoms with E-state index in [1.54, 1.807) is 31.4 Å². The first-order chi connectivity index (χ1) is 15.4. The van der Waals surface area contributed by atoms with Crippen molar-refractivity contribution in [2.75, 3.05) is 19.5 Å². The molecule has 1 saturated heterocycles. The number of aliphatic hydroxyl groups is 1. The Balaban J connectivity index is 1.73. The number of nitrogens with zero attached hydrogens (tertiary/aromatic N) is 2. The lowest BCUT2D eigenvalue weighted by atomic mass is 9.85. The van der Waals surface area contributed by atoms with E-state index in [4.69, 9.17) is 21.1 Å². The Hall–Kier alpha value is -2.66. The number of thioether (sulfide) groups is 1. The number of carbonyl (C=O) groups excluding carboxylic acids is 1. The van der Waals surface area contributed by atoms with Gasteiger partial charge in [-0.1, -0.05) is 36.7 Å². The first-order valence-electron chi connectivity index (χ1n) is 10.3. The molecule has 32 heavy (non-hydrogen) atoms. The predicted molar refractivity (Wildman–Crippen MR) is 123 cm³/mol. The number of methoxy groups -OCH3 is 1. The van der Waals surface area contributed by atoms with Crippen LogP contribution in [0.25, 0.3) is 0 Å². The van der Waals surface area contributed by atoms with Crippen LogP contribution in [-0.4, -0.2) is 35.4 Å². The fourth-order valence-corrected chi connectivity index (χ4v) is 5.56. The molecule has 0 spiro atoms. The van der Waals surface area contributed by atoms with Crippen LogP contribution in [0.3, 0.4) is 0 Å². The van der Waals surface area contributed by atoms with Crippen molar-refractivity contribution in [3.8, 4) is 17.6 Å². The maximum Gasteiger partial charge on any atom is 0.231 e. The monoisotopic (exact) mass is 470 g/mol. The summed E-state index contributed by atoms with van der Waals surface area (Å²) in [6.07, 6.45) is 0.942. The van der Waals surface area contributed by atoms with E-state index in [0.29, 0.717) is 39.3 Å². The van der Waals surface area contributed by atoms with Crippen molar-refractivity contribution in [1.29, 1.82) is 5.26 Å². The van der Waals surface area contributed by atoms with Crippen LogP contribution in [0.2, 0.25) is 5.02 Å². The van der Waals surface area contributed by atoms with Gasteiger partial charge in [-0.3, -0.25) is 9.69 Å². The summed E-state index contributed by atoms with van der Waals surface area (Å²) in [5.74, 6) is 0.760. The number of allylic oxidation sites excluding steroid dienone is 1. The molecule has 2 atom stereocenters. The summed E-state index contributed by atoms with van der Waals surface area (Å²) in [6.45, 7) is 2.59. The number of hydrogen-bond acceptors (Lipinski definition) is 6. The van der Waals surface area contributed by atoms with Crippen LogP contribution in [0.1, 0.15) is 36.8 Å². The summed E-state index contributed by atoms with van der Waals surface area (Å²) in [4.78, 5) is 14.6. The molecule has 0 unspecified atom stereocenters. The molecule has 0 aromatic heterocycles. The minimum atomic E-state index is -1.52. The molecular weight excluding hydrogens is 448 g/mol. The first kappa shape index (κ1) is 22.5. The van der Waals surface area contributed by atoms with Crippen molar-refractivity contribution in [2.45, 2.75) is 31.4 Å². The number of nitriles is 1. The maximum absolute atomic E-state index is 13.3. The number of ether oxygens (including phenoxy) is 2. The van der Waals surface area contributed by atoms with Gasteiger partial charge in [0.2, 0.25) is 5.91 Å². The van der Waals surface area contributed by atoms with Gasteiger partial charge >= 0.3 is 0 Å². The highest BCUT2D eigenvalue weighted by Gasteiger charge is 2.51. The Labute approximate surface area is 196 Å². The Kier molecular flexibility index (Phi) is 6.38. The number of rotatable bonds is 6. The summed E-state index contributed by atoms with van der Waals surface area (Å²) in [5.41, 5.74) is 0.297. The standard InChI is InChI=1S/C24H23ClN2O4S/c1-3-10-31-20-9-4-15(11-21(20)30-2)18-12-22(28)27-23(19(18)13-26)32-14-24(27,29)16-5-7-17(25)8-6-16/h4-9,11,18,29H,3,10,12,14H2,1-2H3/t18-,24-/m0/s1. The average molecular weight is 471 g/mol.